The molecule has 5 nitrogen and oxygen atoms in total. The van der Waals surface area contributed by atoms with Crippen LogP contribution in [0.15, 0.2) is 24.4 Å². The quantitative estimate of drug-likeness (QED) is 0.899. The van der Waals surface area contributed by atoms with Crippen molar-refractivity contribution in [3.05, 3.63) is 35.5 Å². The molecule has 0 amide bonds. The van der Waals surface area contributed by atoms with Crippen LogP contribution in [-0.4, -0.2) is 29.7 Å². The minimum atomic E-state index is -3.27. The van der Waals surface area contributed by atoms with Crippen LogP contribution in [0, 0.1) is 0 Å². The van der Waals surface area contributed by atoms with Crippen molar-refractivity contribution < 1.29 is 18.3 Å². The average molecular weight is 281 g/mol. The van der Waals surface area contributed by atoms with Gasteiger partial charge in [0.1, 0.15) is 0 Å². The zero-order valence-corrected chi connectivity index (χ0v) is 11.5. The fourth-order valence-electron chi connectivity index (χ4n) is 1.93. The summed E-state index contributed by atoms with van der Waals surface area (Å²) in [4.78, 5) is 14.1. The standard InChI is InChI=1S/C13H15NO4S/c1-8(2)19(17,18)7-9-6-14-11-5-3-4-10(12(9)11)13(15)16/h3-6,8,14H,7H2,1-2H3,(H,15,16). The number of aromatic amines is 1. The predicted octanol–water partition coefficient (Wildman–Crippen LogP) is 2.19. The molecule has 102 valence electrons. The molecular weight excluding hydrogens is 266 g/mol. The lowest BCUT2D eigenvalue weighted by Crippen LogP contribution is -2.16. The van der Waals surface area contributed by atoms with Gasteiger partial charge in [-0.25, -0.2) is 13.2 Å². The van der Waals surface area contributed by atoms with Gasteiger partial charge in [-0.3, -0.25) is 0 Å². The summed E-state index contributed by atoms with van der Waals surface area (Å²) < 4.78 is 23.9. The van der Waals surface area contributed by atoms with Crippen LogP contribution < -0.4 is 0 Å². The van der Waals surface area contributed by atoms with Crippen molar-refractivity contribution >= 4 is 26.7 Å². The second-order valence-corrected chi connectivity index (χ2v) is 7.26. The van der Waals surface area contributed by atoms with E-state index in [1.165, 1.54) is 6.07 Å². The largest absolute Gasteiger partial charge is 0.478 e. The molecule has 0 saturated heterocycles. The molecule has 0 bridgehead atoms. The average Bonchev–Trinajstić information content (AvgIpc) is 2.71. The highest BCUT2D eigenvalue weighted by molar-refractivity contribution is 7.91. The molecule has 6 heteroatoms. The maximum Gasteiger partial charge on any atom is 0.336 e. The summed E-state index contributed by atoms with van der Waals surface area (Å²) in [5.74, 6) is -1.22. The van der Waals surface area contributed by atoms with Crippen LogP contribution in [0.1, 0.15) is 29.8 Å². The number of fused-ring (bicyclic) bond motifs is 1. The highest BCUT2D eigenvalue weighted by Crippen LogP contribution is 2.25. The number of carbonyl (C=O) groups is 1. The van der Waals surface area contributed by atoms with Crippen LogP contribution >= 0.6 is 0 Å². The van der Waals surface area contributed by atoms with Gasteiger partial charge < -0.3 is 10.1 Å². The van der Waals surface area contributed by atoms with Crippen molar-refractivity contribution in [1.82, 2.24) is 4.98 Å². The second-order valence-electron chi connectivity index (χ2n) is 4.70. The third-order valence-electron chi connectivity index (χ3n) is 3.09. The van der Waals surface area contributed by atoms with E-state index in [2.05, 4.69) is 4.98 Å². The number of carboxylic acid groups (broad SMARTS) is 1. The summed E-state index contributed by atoms with van der Waals surface area (Å²) in [5, 5.41) is 9.15. The highest BCUT2D eigenvalue weighted by atomic mass is 32.2. The van der Waals surface area contributed by atoms with Gasteiger partial charge in [0.2, 0.25) is 0 Å². The lowest BCUT2D eigenvalue weighted by Gasteiger charge is -2.07. The number of sulfone groups is 1. The maximum atomic E-state index is 12.0. The number of rotatable bonds is 4. The normalized spacial score (nSPS) is 12.2. The summed E-state index contributed by atoms with van der Waals surface area (Å²) in [6.45, 7) is 3.23. The van der Waals surface area contributed by atoms with Gasteiger partial charge >= 0.3 is 5.97 Å². The van der Waals surface area contributed by atoms with Crippen LogP contribution in [0.4, 0.5) is 0 Å². The van der Waals surface area contributed by atoms with Gasteiger partial charge in [0.15, 0.2) is 9.84 Å². The van der Waals surface area contributed by atoms with Crippen molar-refractivity contribution in [2.75, 3.05) is 0 Å². The summed E-state index contributed by atoms with van der Waals surface area (Å²) in [5.41, 5.74) is 1.25. The van der Waals surface area contributed by atoms with Crippen molar-refractivity contribution in [1.29, 1.82) is 0 Å². The number of H-pyrrole nitrogens is 1. The molecular formula is C13H15NO4S. The summed E-state index contributed by atoms with van der Waals surface area (Å²) in [6.07, 6.45) is 1.57. The summed E-state index contributed by atoms with van der Waals surface area (Å²) in [6, 6.07) is 4.83. The Hall–Kier alpha value is -1.82. The van der Waals surface area contributed by atoms with E-state index in [1.807, 2.05) is 0 Å². The van der Waals surface area contributed by atoms with Crippen LogP contribution in [0.5, 0.6) is 0 Å². The summed E-state index contributed by atoms with van der Waals surface area (Å²) in [7, 11) is -3.27. The van der Waals surface area contributed by atoms with Crippen molar-refractivity contribution in [3.8, 4) is 0 Å². The van der Waals surface area contributed by atoms with Gasteiger partial charge in [0.25, 0.3) is 0 Å². The van der Waals surface area contributed by atoms with Crippen molar-refractivity contribution in [2.24, 2.45) is 0 Å². The number of aromatic nitrogens is 1. The number of carboxylic acids is 1. The van der Waals surface area contributed by atoms with Gasteiger partial charge in [0, 0.05) is 17.1 Å². The Kier molecular flexibility index (Phi) is 3.36. The number of hydrogen-bond acceptors (Lipinski definition) is 3. The topological polar surface area (TPSA) is 87.2 Å². The van der Waals surface area contributed by atoms with Crippen LogP contribution in [0.3, 0.4) is 0 Å². The molecule has 0 atom stereocenters. The van der Waals surface area contributed by atoms with Crippen LogP contribution in [-0.2, 0) is 15.6 Å². The van der Waals surface area contributed by atoms with Crippen molar-refractivity contribution in [2.45, 2.75) is 24.9 Å². The molecule has 1 aromatic carbocycles. The highest BCUT2D eigenvalue weighted by Gasteiger charge is 2.21. The predicted molar refractivity (Wildman–Crippen MR) is 73.0 cm³/mol. The molecule has 2 aromatic rings. The number of hydrogen-bond donors (Lipinski definition) is 2. The molecule has 1 heterocycles. The number of aromatic carboxylic acids is 1. The molecule has 0 fully saturated rings. The Bertz CT molecular complexity index is 728. The fraction of sp³-hybridized carbons (Fsp3) is 0.308. The van der Waals surface area contributed by atoms with Crippen molar-refractivity contribution in [3.63, 3.8) is 0 Å². The first kappa shape index (κ1) is 13.6. The van der Waals surface area contributed by atoms with Gasteiger partial charge in [-0.1, -0.05) is 6.07 Å². The van der Waals surface area contributed by atoms with E-state index >= 15 is 0 Å². The van der Waals surface area contributed by atoms with E-state index in [4.69, 9.17) is 5.11 Å². The number of benzene rings is 1. The minimum absolute atomic E-state index is 0.118. The Balaban J connectivity index is 2.60. The smallest absolute Gasteiger partial charge is 0.336 e. The molecule has 0 aliphatic heterocycles. The fourth-order valence-corrected chi connectivity index (χ4v) is 2.93. The molecule has 0 spiro atoms. The lowest BCUT2D eigenvalue weighted by atomic mass is 10.1. The Morgan fingerprint density at radius 3 is 2.63 bits per heavy atom. The van der Waals surface area contributed by atoms with Gasteiger partial charge in [-0.2, -0.15) is 0 Å². The van der Waals surface area contributed by atoms with E-state index in [0.29, 0.717) is 16.5 Å². The summed E-state index contributed by atoms with van der Waals surface area (Å²) >= 11 is 0. The molecule has 0 radical (unpaired) electrons. The third-order valence-corrected chi connectivity index (χ3v) is 5.24. The molecule has 0 saturated carbocycles. The van der Waals surface area contributed by atoms with Gasteiger partial charge in [-0.05, 0) is 31.5 Å². The van der Waals surface area contributed by atoms with Crippen LogP contribution in [0.2, 0.25) is 0 Å². The first-order valence-corrected chi connectivity index (χ1v) is 7.58. The molecule has 0 aliphatic carbocycles. The molecule has 2 rings (SSSR count). The zero-order chi connectivity index (χ0) is 14.2. The monoisotopic (exact) mass is 281 g/mol. The Morgan fingerprint density at radius 2 is 2.05 bits per heavy atom. The Morgan fingerprint density at radius 1 is 1.37 bits per heavy atom. The second kappa shape index (κ2) is 4.70. The van der Waals surface area contributed by atoms with E-state index in [1.54, 1.807) is 32.2 Å². The van der Waals surface area contributed by atoms with Gasteiger partial charge in [-0.15, -0.1) is 0 Å². The number of nitrogens with one attached hydrogen (secondary N) is 1. The minimum Gasteiger partial charge on any atom is -0.478 e. The SMILES string of the molecule is CC(C)S(=O)(=O)Cc1c[nH]c2cccc(C(=O)O)c12. The third kappa shape index (κ3) is 2.49. The zero-order valence-electron chi connectivity index (χ0n) is 10.7. The lowest BCUT2D eigenvalue weighted by molar-refractivity contribution is 0.0699. The first-order chi connectivity index (χ1) is 8.83. The molecule has 1 aromatic heterocycles. The van der Waals surface area contributed by atoms with E-state index in [0.717, 1.165) is 0 Å². The molecule has 19 heavy (non-hydrogen) atoms. The van der Waals surface area contributed by atoms with Gasteiger partial charge in [0.05, 0.1) is 16.6 Å². The van der Waals surface area contributed by atoms with Crippen LogP contribution in [0.25, 0.3) is 10.9 Å². The first-order valence-electron chi connectivity index (χ1n) is 5.87. The van der Waals surface area contributed by atoms with E-state index in [9.17, 15) is 13.2 Å². The van der Waals surface area contributed by atoms with E-state index < -0.39 is 21.1 Å². The maximum absolute atomic E-state index is 12.0. The molecule has 0 unspecified atom stereocenters. The van der Waals surface area contributed by atoms with E-state index in [-0.39, 0.29) is 11.3 Å². The molecule has 0 aliphatic rings. The molecule has 2 N–H and O–H groups in total. The Labute approximate surface area is 111 Å².